The molecule has 1 aromatic heterocycles. The molecule has 0 N–H and O–H groups in total. The van der Waals surface area contributed by atoms with E-state index in [0.717, 1.165) is 19.3 Å². The van der Waals surface area contributed by atoms with Crippen LogP contribution in [0.2, 0.25) is 0 Å². The fraction of sp³-hybridized carbons (Fsp3) is 0.500. The highest BCUT2D eigenvalue weighted by Crippen LogP contribution is 2.42. The minimum atomic E-state index is -0.475. The van der Waals surface area contributed by atoms with E-state index in [9.17, 15) is 4.79 Å². The van der Waals surface area contributed by atoms with Crippen molar-refractivity contribution in [3.8, 4) is 11.3 Å². The molecule has 2 aromatic rings. The number of carbonyl (C=O) groups is 1. The van der Waals surface area contributed by atoms with Gasteiger partial charge in [0.2, 0.25) is 0 Å². The standard InChI is InChI=1S/C24H31N3O2/c1-16(18-12-17(2)26(14-18)23(28)29-24(3,4)5)10-11-21-19-8-6-7-9-20(19)22-13-25-15-27(21)22/h6-9,13-17,21H,10-12H2,1-5H3. The highest BCUT2D eigenvalue weighted by molar-refractivity contribution is 5.71. The number of fused-ring (bicyclic) bond motifs is 3. The fourth-order valence-electron chi connectivity index (χ4n) is 4.49. The van der Waals surface area contributed by atoms with Gasteiger partial charge >= 0.3 is 6.09 Å². The van der Waals surface area contributed by atoms with Gasteiger partial charge in [-0.1, -0.05) is 31.2 Å². The van der Waals surface area contributed by atoms with Crippen molar-refractivity contribution in [3.05, 3.63) is 54.1 Å². The molecule has 1 aromatic carbocycles. The number of amides is 1. The van der Waals surface area contributed by atoms with Crippen LogP contribution in [0, 0.1) is 5.92 Å². The van der Waals surface area contributed by atoms with E-state index < -0.39 is 5.60 Å². The summed E-state index contributed by atoms with van der Waals surface area (Å²) in [6.45, 7) is 10.1. The summed E-state index contributed by atoms with van der Waals surface area (Å²) in [5, 5.41) is 0. The van der Waals surface area contributed by atoms with Crippen molar-refractivity contribution in [2.75, 3.05) is 0 Å². The lowest BCUT2D eigenvalue weighted by atomic mass is 9.90. The minimum Gasteiger partial charge on any atom is -0.443 e. The van der Waals surface area contributed by atoms with Gasteiger partial charge in [0.05, 0.1) is 24.3 Å². The Morgan fingerprint density at radius 1 is 1.31 bits per heavy atom. The molecule has 1 amide bonds. The van der Waals surface area contributed by atoms with Gasteiger partial charge in [-0.05, 0) is 64.0 Å². The van der Waals surface area contributed by atoms with Crippen LogP contribution in [-0.2, 0) is 4.74 Å². The van der Waals surface area contributed by atoms with Gasteiger partial charge < -0.3 is 9.30 Å². The molecule has 4 rings (SSSR count). The van der Waals surface area contributed by atoms with Gasteiger partial charge in [-0.2, -0.15) is 0 Å². The van der Waals surface area contributed by atoms with E-state index in [4.69, 9.17) is 4.74 Å². The second-order valence-electron chi connectivity index (χ2n) is 9.41. The maximum atomic E-state index is 12.5. The van der Waals surface area contributed by atoms with E-state index in [1.54, 1.807) is 4.90 Å². The van der Waals surface area contributed by atoms with Crippen molar-refractivity contribution in [2.45, 2.75) is 71.6 Å². The normalized spacial score (nSPS) is 21.6. The van der Waals surface area contributed by atoms with Crippen LogP contribution in [-0.4, -0.2) is 32.2 Å². The first kappa shape index (κ1) is 19.7. The monoisotopic (exact) mass is 393 g/mol. The number of aromatic nitrogens is 2. The first-order valence-corrected chi connectivity index (χ1v) is 10.6. The Hall–Kier alpha value is -2.56. The van der Waals surface area contributed by atoms with Crippen LogP contribution in [0.5, 0.6) is 0 Å². The number of hydrogen-bond acceptors (Lipinski definition) is 3. The van der Waals surface area contributed by atoms with Gasteiger partial charge in [-0.25, -0.2) is 9.78 Å². The molecule has 2 aliphatic rings. The van der Waals surface area contributed by atoms with Crippen LogP contribution >= 0.6 is 0 Å². The number of ether oxygens (including phenoxy) is 1. The zero-order chi connectivity index (χ0) is 20.8. The maximum Gasteiger partial charge on any atom is 0.414 e. The van der Waals surface area contributed by atoms with Crippen molar-refractivity contribution in [1.82, 2.24) is 14.5 Å². The molecule has 0 radical (unpaired) electrons. The Balaban J connectivity index is 1.44. The van der Waals surface area contributed by atoms with Crippen LogP contribution < -0.4 is 0 Å². The fourth-order valence-corrected chi connectivity index (χ4v) is 4.49. The summed E-state index contributed by atoms with van der Waals surface area (Å²) < 4.78 is 7.86. The van der Waals surface area contributed by atoms with E-state index in [1.807, 2.05) is 39.5 Å². The van der Waals surface area contributed by atoms with Crippen LogP contribution in [0.3, 0.4) is 0 Å². The topological polar surface area (TPSA) is 47.4 Å². The third-order valence-electron chi connectivity index (χ3n) is 6.02. The van der Waals surface area contributed by atoms with Crippen LogP contribution in [0.4, 0.5) is 4.79 Å². The summed E-state index contributed by atoms with van der Waals surface area (Å²) in [4.78, 5) is 18.6. The zero-order valence-electron chi connectivity index (χ0n) is 18.1. The average molecular weight is 394 g/mol. The molecule has 5 heteroatoms. The van der Waals surface area contributed by atoms with Gasteiger partial charge in [0.25, 0.3) is 0 Å². The largest absolute Gasteiger partial charge is 0.443 e. The van der Waals surface area contributed by atoms with E-state index in [2.05, 4.69) is 47.7 Å². The molecule has 3 unspecified atom stereocenters. The molecule has 3 heterocycles. The lowest BCUT2D eigenvalue weighted by Crippen LogP contribution is -2.36. The van der Waals surface area contributed by atoms with E-state index in [-0.39, 0.29) is 12.1 Å². The molecular weight excluding hydrogens is 362 g/mol. The van der Waals surface area contributed by atoms with Gasteiger partial charge in [0, 0.05) is 17.8 Å². The molecule has 2 aliphatic heterocycles. The third kappa shape index (κ3) is 3.83. The van der Waals surface area contributed by atoms with Crippen molar-refractivity contribution in [3.63, 3.8) is 0 Å². The predicted octanol–water partition coefficient (Wildman–Crippen LogP) is 5.78. The number of hydrogen-bond donors (Lipinski definition) is 0. The number of rotatable bonds is 4. The molecule has 0 bridgehead atoms. The summed E-state index contributed by atoms with van der Waals surface area (Å²) in [6, 6.07) is 9.12. The number of imidazole rings is 1. The van der Waals surface area contributed by atoms with E-state index in [0.29, 0.717) is 12.0 Å². The predicted molar refractivity (Wildman–Crippen MR) is 114 cm³/mol. The quantitative estimate of drug-likeness (QED) is 0.661. The van der Waals surface area contributed by atoms with Gasteiger partial charge in [0.1, 0.15) is 5.60 Å². The highest BCUT2D eigenvalue weighted by atomic mass is 16.6. The summed E-state index contributed by atoms with van der Waals surface area (Å²) in [7, 11) is 0. The molecule has 154 valence electrons. The average Bonchev–Trinajstić information content (AvgIpc) is 3.33. The molecule has 0 fully saturated rings. The van der Waals surface area contributed by atoms with Gasteiger partial charge in [-0.15, -0.1) is 0 Å². The van der Waals surface area contributed by atoms with Crippen molar-refractivity contribution in [1.29, 1.82) is 0 Å². The summed E-state index contributed by atoms with van der Waals surface area (Å²) >= 11 is 0. The SMILES string of the molecule is CC(CCC1c2ccccc2-c2cncn21)C1=CN(C(=O)OC(C)(C)C)C(C)C1. The van der Waals surface area contributed by atoms with Crippen molar-refractivity contribution >= 4 is 6.09 Å². The summed E-state index contributed by atoms with van der Waals surface area (Å²) in [5.41, 5.74) is 4.76. The van der Waals surface area contributed by atoms with Gasteiger partial charge in [0.15, 0.2) is 0 Å². The lowest BCUT2D eigenvalue weighted by molar-refractivity contribution is 0.0299. The van der Waals surface area contributed by atoms with Crippen molar-refractivity contribution in [2.24, 2.45) is 5.92 Å². The number of carbonyl (C=O) groups excluding carboxylic acids is 1. The molecular formula is C24H31N3O2. The van der Waals surface area contributed by atoms with Crippen LogP contribution in [0.25, 0.3) is 11.3 Å². The molecule has 0 aliphatic carbocycles. The second-order valence-corrected chi connectivity index (χ2v) is 9.41. The maximum absolute atomic E-state index is 12.5. The Labute approximate surface area is 173 Å². The van der Waals surface area contributed by atoms with Gasteiger partial charge in [-0.3, -0.25) is 4.90 Å². The Kier molecular flexibility index (Phi) is 5.01. The lowest BCUT2D eigenvalue weighted by Gasteiger charge is -2.25. The molecule has 0 saturated heterocycles. The Morgan fingerprint density at radius 3 is 2.83 bits per heavy atom. The Morgan fingerprint density at radius 2 is 2.07 bits per heavy atom. The highest BCUT2D eigenvalue weighted by Gasteiger charge is 2.32. The molecule has 29 heavy (non-hydrogen) atoms. The molecule has 5 nitrogen and oxygen atoms in total. The molecule has 3 atom stereocenters. The smallest absolute Gasteiger partial charge is 0.414 e. The summed E-state index contributed by atoms with van der Waals surface area (Å²) in [6.07, 6.45) is 8.72. The van der Waals surface area contributed by atoms with E-state index in [1.165, 1.54) is 22.4 Å². The molecule has 0 saturated carbocycles. The van der Waals surface area contributed by atoms with Crippen molar-refractivity contribution < 1.29 is 9.53 Å². The first-order valence-electron chi connectivity index (χ1n) is 10.6. The zero-order valence-corrected chi connectivity index (χ0v) is 18.1. The third-order valence-corrected chi connectivity index (χ3v) is 6.02. The first-order chi connectivity index (χ1) is 13.7. The number of benzene rings is 1. The van der Waals surface area contributed by atoms with Crippen LogP contribution in [0.1, 0.15) is 65.5 Å². The summed E-state index contributed by atoms with van der Waals surface area (Å²) in [5.74, 6) is 0.421. The Bertz CT molecular complexity index is 938. The second kappa shape index (κ2) is 7.36. The number of nitrogens with zero attached hydrogens (tertiary/aromatic N) is 3. The van der Waals surface area contributed by atoms with Crippen LogP contribution in [0.15, 0.2) is 48.6 Å². The van der Waals surface area contributed by atoms with E-state index >= 15 is 0 Å². The minimum absolute atomic E-state index is 0.148. The molecule has 0 spiro atoms.